The first-order valence-electron chi connectivity index (χ1n) is 10.9. The van der Waals surface area contributed by atoms with Gasteiger partial charge in [0.2, 0.25) is 0 Å². The van der Waals surface area contributed by atoms with Crippen LogP contribution in [0.5, 0.6) is 0 Å². The first kappa shape index (κ1) is 21.6. The van der Waals surface area contributed by atoms with Crippen LogP contribution < -0.4 is 10.9 Å². The highest BCUT2D eigenvalue weighted by Gasteiger charge is 2.18. The molecule has 0 aliphatic carbocycles. The van der Waals surface area contributed by atoms with Gasteiger partial charge >= 0.3 is 0 Å². The lowest BCUT2D eigenvalue weighted by Gasteiger charge is -2.20. The first-order valence-corrected chi connectivity index (χ1v) is 11.7. The zero-order valence-electron chi connectivity index (χ0n) is 17.8. The van der Waals surface area contributed by atoms with Crippen molar-refractivity contribution in [2.24, 2.45) is 0 Å². The average Bonchev–Trinajstić information content (AvgIpc) is 3.31. The zero-order chi connectivity index (χ0) is 22.8. The van der Waals surface area contributed by atoms with E-state index in [0.717, 1.165) is 35.3 Å². The van der Waals surface area contributed by atoms with Gasteiger partial charge in [-0.1, -0.05) is 18.2 Å². The quantitative estimate of drug-likeness (QED) is 0.460. The molecule has 1 atom stereocenters. The van der Waals surface area contributed by atoms with Gasteiger partial charge in [0.25, 0.3) is 5.56 Å². The minimum atomic E-state index is -0.691. The molecule has 0 bridgehead atoms. The summed E-state index contributed by atoms with van der Waals surface area (Å²) in [6.07, 6.45) is 4.32. The maximum absolute atomic E-state index is 13.6. The van der Waals surface area contributed by atoms with Gasteiger partial charge < -0.3 is 5.32 Å². The van der Waals surface area contributed by atoms with Crippen LogP contribution in [-0.2, 0) is 6.54 Å². The smallest absolute Gasteiger partial charge is 0.267 e. The van der Waals surface area contributed by atoms with E-state index in [0.29, 0.717) is 11.6 Å². The van der Waals surface area contributed by atoms with E-state index in [2.05, 4.69) is 15.4 Å². The first-order chi connectivity index (χ1) is 16.0. The van der Waals surface area contributed by atoms with Gasteiger partial charge in [-0.3, -0.25) is 4.79 Å². The monoisotopic (exact) mass is 464 g/mol. The summed E-state index contributed by atoms with van der Waals surface area (Å²) < 4.78 is 28.5. The van der Waals surface area contributed by atoms with Gasteiger partial charge in [-0.2, -0.15) is 5.10 Å². The second-order valence-corrected chi connectivity index (χ2v) is 9.25. The number of hydrogen-bond acceptors (Lipinski definition) is 5. The predicted molar refractivity (Wildman–Crippen MR) is 125 cm³/mol. The van der Waals surface area contributed by atoms with Crippen LogP contribution in [0.1, 0.15) is 29.2 Å². The predicted octanol–water partition coefficient (Wildman–Crippen LogP) is 4.83. The summed E-state index contributed by atoms with van der Waals surface area (Å²) in [5.74, 6) is -0.875. The Morgan fingerprint density at radius 3 is 2.70 bits per heavy atom. The fraction of sp³-hybridized carbons (Fsp3) is 0.240. The van der Waals surface area contributed by atoms with Crippen molar-refractivity contribution in [2.45, 2.75) is 25.3 Å². The minimum absolute atomic E-state index is 0.239. The molecule has 168 valence electrons. The molecule has 8 heteroatoms. The molecule has 5 nitrogen and oxygen atoms in total. The highest BCUT2D eigenvalue weighted by molar-refractivity contribution is 7.15. The van der Waals surface area contributed by atoms with Crippen molar-refractivity contribution in [1.82, 2.24) is 20.1 Å². The van der Waals surface area contributed by atoms with E-state index in [1.165, 1.54) is 46.7 Å². The van der Waals surface area contributed by atoms with Gasteiger partial charge in [-0.05, 0) is 49.2 Å². The van der Waals surface area contributed by atoms with Crippen molar-refractivity contribution in [3.8, 4) is 21.8 Å². The SMILES string of the molecule is O=c1ccc(-c2cc(F)cc(F)c2)nn1Cc1cccc(-c2ncc(C3CCCNC3)s2)c1. The minimum Gasteiger partial charge on any atom is -0.316 e. The number of halogens is 2. The van der Waals surface area contributed by atoms with Crippen molar-refractivity contribution in [3.63, 3.8) is 0 Å². The Balaban J connectivity index is 1.40. The Morgan fingerprint density at radius 2 is 1.91 bits per heavy atom. The molecule has 33 heavy (non-hydrogen) atoms. The number of nitrogens with zero attached hydrogens (tertiary/aromatic N) is 3. The van der Waals surface area contributed by atoms with E-state index in [1.807, 2.05) is 30.5 Å². The summed E-state index contributed by atoms with van der Waals surface area (Å²) in [6, 6.07) is 13.9. The van der Waals surface area contributed by atoms with E-state index in [-0.39, 0.29) is 17.7 Å². The fourth-order valence-electron chi connectivity index (χ4n) is 4.10. The third kappa shape index (κ3) is 4.91. The molecule has 1 aliphatic heterocycles. The molecular weight excluding hydrogens is 442 g/mol. The maximum Gasteiger partial charge on any atom is 0.267 e. The molecule has 1 saturated heterocycles. The summed E-state index contributed by atoms with van der Waals surface area (Å²) in [4.78, 5) is 18.3. The van der Waals surface area contributed by atoms with E-state index in [1.54, 1.807) is 11.3 Å². The van der Waals surface area contributed by atoms with Crippen molar-refractivity contribution in [1.29, 1.82) is 0 Å². The zero-order valence-corrected chi connectivity index (χ0v) is 18.6. The van der Waals surface area contributed by atoms with Crippen LogP contribution in [0.15, 0.2) is 65.6 Å². The van der Waals surface area contributed by atoms with Gasteiger partial charge in [-0.25, -0.2) is 18.4 Å². The Labute approximate surface area is 193 Å². The highest BCUT2D eigenvalue weighted by atomic mass is 32.1. The van der Waals surface area contributed by atoms with Gasteiger partial charge in [0.05, 0.1) is 12.2 Å². The molecule has 0 saturated carbocycles. The van der Waals surface area contributed by atoms with Gasteiger partial charge in [-0.15, -0.1) is 11.3 Å². The summed E-state index contributed by atoms with van der Waals surface area (Å²) in [6.45, 7) is 2.30. The number of nitrogens with one attached hydrogen (secondary N) is 1. The normalized spacial score (nSPS) is 16.1. The molecule has 0 radical (unpaired) electrons. The molecule has 3 heterocycles. The summed E-state index contributed by atoms with van der Waals surface area (Å²) in [7, 11) is 0. The average molecular weight is 465 g/mol. The van der Waals surface area contributed by atoms with E-state index < -0.39 is 11.6 Å². The van der Waals surface area contributed by atoms with Crippen LogP contribution in [0.4, 0.5) is 8.78 Å². The molecule has 2 aromatic carbocycles. The fourth-order valence-corrected chi connectivity index (χ4v) is 5.14. The Morgan fingerprint density at radius 1 is 1.06 bits per heavy atom. The Bertz CT molecular complexity index is 1320. The van der Waals surface area contributed by atoms with Gasteiger partial charge in [0.1, 0.15) is 16.6 Å². The lowest BCUT2D eigenvalue weighted by molar-refractivity contribution is 0.466. The Kier molecular flexibility index (Phi) is 6.11. The van der Waals surface area contributed by atoms with Crippen molar-refractivity contribution in [3.05, 3.63) is 93.2 Å². The van der Waals surface area contributed by atoms with E-state index >= 15 is 0 Å². The number of aromatic nitrogens is 3. The second-order valence-electron chi connectivity index (χ2n) is 8.18. The lowest BCUT2D eigenvalue weighted by Crippen LogP contribution is -2.27. The molecule has 1 N–H and O–H groups in total. The number of piperidine rings is 1. The number of thiazole rings is 1. The van der Waals surface area contributed by atoms with Crippen LogP contribution in [0, 0.1) is 11.6 Å². The highest BCUT2D eigenvalue weighted by Crippen LogP contribution is 2.33. The molecule has 0 amide bonds. The number of benzene rings is 2. The van der Waals surface area contributed by atoms with E-state index in [9.17, 15) is 13.6 Å². The third-order valence-corrected chi connectivity index (χ3v) is 6.96. The Hall–Kier alpha value is -3.23. The molecule has 4 aromatic rings. The van der Waals surface area contributed by atoms with Gasteiger partial charge in [0, 0.05) is 46.8 Å². The molecular formula is C25H22F2N4OS. The van der Waals surface area contributed by atoms with Crippen molar-refractivity contribution in [2.75, 3.05) is 13.1 Å². The summed E-state index contributed by atoms with van der Waals surface area (Å²) in [5.41, 5.74) is 2.20. The molecule has 5 rings (SSSR count). The van der Waals surface area contributed by atoms with Crippen LogP contribution in [0.25, 0.3) is 21.8 Å². The summed E-state index contributed by atoms with van der Waals surface area (Å²) in [5, 5.41) is 8.73. The van der Waals surface area contributed by atoms with Crippen molar-refractivity contribution >= 4 is 11.3 Å². The number of hydrogen-bond donors (Lipinski definition) is 1. The van der Waals surface area contributed by atoms with Crippen LogP contribution >= 0.6 is 11.3 Å². The van der Waals surface area contributed by atoms with Crippen LogP contribution in [0.3, 0.4) is 0 Å². The van der Waals surface area contributed by atoms with E-state index in [4.69, 9.17) is 0 Å². The largest absolute Gasteiger partial charge is 0.316 e. The van der Waals surface area contributed by atoms with Gasteiger partial charge in [0.15, 0.2) is 0 Å². The molecule has 1 aliphatic rings. The molecule has 1 unspecified atom stereocenters. The number of rotatable bonds is 5. The van der Waals surface area contributed by atoms with Crippen LogP contribution in [0.2, 0.25) is 0 Å². The molecule has 1 fully saturated rings. The molecule has 0 spiro atoms. The second kappa shape index (κ2) is 9.33. The lowest BCUT2D eigenvalue weighted by atomic mass is 9.99. The maximum atomic E-state index is 13.6. The topological polar surface area (TPSA) is 59.8 Å². The third-order valence-electron chi connectivity index (χ3n) is 5.75. The molecule has 2 aromatic heterocycles. The summed E-state index contributed by atoms with van der Waals surface area (Å²) >= 11 is 1.71. The standard InChI is InChI=1S/C25H22F2N4OS/c26-20-10-19(11-21(27)12-20)22-6-7-24(32)31(30-22)15-16-3-1-4-17(9-16)25-29-14-23(33-25)18-5-2-8-28-13-18/h1,3-4,6-7,9-12,14,18,28H,2,5,8,13,15H2. The van der Waals surface area contributed by atoms with Crippen molar-refractivity contribution < 1.29 is 8.78 Å². The van der Waals surface area contributed by atoms with Crippen LogP contribution in [-0.4, -0.2) is 27.9 Å².